The van der Waals surface area contributed by atoms with Gasteiger partial charge in [0.2, 0.25) is 5.88 Å². The first-order valence-electron chi connectivity index (χ1n) is 6.05. The van der Waals surface area contributed by atoms with Gasteiger partial charge in [0.25, 0.3) is 5.91 Å². The molecule has 0 aliphatic carbocycles. The summed E-state index contributed by atoms with van der Waals surface area (Å²) in [4.78, 5) is 22.0. The smallest absolute Gasteiger partial charge is 0.272 e. The third kappa shape index (κ3) is 2.93. The fourth-order valence-corrected chi connectivity index (χ4v) is 1.94. The van der Waals surface area contributed by atoms with Crippen molar-refractivity contribution < 1.29 is 9.53 Å². The van der Waals surface area contributed by atoms with E-state index in [2.05, 4.69) is 9.97 Å². The fourth-order valence-electron chi connectivity index (χ4n) is 1.94. The Morgan fingerprint density at radius 3 is 2.82 bits per heavy atom. The van der Waals surface area contributed by atoms with E-state index in [0.717, 1.165) is 25.9 Å². The van der Waals surface area contributed by atoms with Crippen LogP contribution in [0.2, 0.25) is 0 Å². The van der Waals surface area contributed by atoms with Crippen LogP contribution in [-0.4, -0.2) is 40.5 Å². The van der Waals surface area contributed by atoms with Gasteiger partial charge in [-0.05, 0) is 26.2 Å². The molecule has 0 unspecified atom stereocenters. The fraction of sp³-hybridized carbons (Fsp3) is 0.583. The van der Waals surface area contributed by atoms with E-state index in [1.807, 2.05) is 11.8 Å². The number of ether oxygens (including phenoxy) is 1. The monoisotopic (exact) mass is 235 g/mol. The van der Waals surface area contributed by atoms with Crippen molar-refractivity contribution in [1.29, 1.82) is 0 Å². The Kier molecular flexibility index (Phi) is 3.90. The van der Waals surface area contributed by atoms with E-state index < -0.39 is 0 Å². The maximum absolute atomic E-state index is 12.1. The van der Waals surface area contributed by atoms with Crippen LogP contribution >= 0.6 is 0 Å². The number of rotatable bonds is 3. The Hall–Kier alpha value is -1.65. The van der Waals surface area contributed by atoms with E-state index in [1.165, 1.54) is 12.7 Å². The number of amides is 1. The average Bonchev–Trinajstić information content (AvgIpc) is 2.40. The number of aromatic nitrogens is 2. The van der Waals surface area contributed by atoms with E-state index in [1.54, 1.807) is 6.07 Å². The van der Waals surface area contributed by atoms with Gasteiger partial charge in [-0.1, -0.05) is 0 Å². The van der Waals surface area contributed by atoms with Crippen molar-refractivity contribution in [3.05, 3.63) is 18.1 Å². The van der Waals surface area contributed by atoms with Gasteiger partial charge in [-0.15, -0.1) is 0 Å². The van der Waals surface area contributed by atoms with Crippen LogP contribution in [0.4, 0.5) is 0 Å². The van der Waals surface area contributed by atoms with Crippen molar-refractivity contribution in [3.63, 3.8) is 0 Å². The minimum atomic E-state index is -0.0203. The van der Waals surface area contributed by atoms with Crippen LogP contribution in [0.25, 0.3) is 0 Å². The zero-order valence-electron chi connectivity index (χ0n) is 10.1. The van der Waals surface area contributed by atoms with Crippen LogP contribution in [0, 0.1) is 0 Å². The molecule has 1 aromatic heterocycles. The Bertz CT molecular complexity index is 389. The Morgan fingerprint density at radius 2 is 2.12 bits per heavy atom. The molecule has 1 amide bonds. The molecular formula is C12H17N3O2. The van der Waals surface area contributed by atoms with Crippen molar-refractivity contribution in [2.45, 2.75) is 26.2 Å². The standard InChI is InChI=1S/C12H17N3O2/c1-2-17-11-8-10(13-9-14-11)12(16)15-6-4-3-5-7-15/h8-9H,2-7H2,1H3. The van der Waals surface area contributed by atoms with Gasteiger partial charge in [0.05, 0.1) is 6.61 Å². The van der Waals surface area contributed by atoms with Crippen molar-refractivity contribution in [2.24, 2.45) is 0 Å². The van der Waals surface area contributed by atoms with Crippen LogP contribution in [-0.2, 0) is 0 Å². The number of likely N-dealkylation sites (tertiary alicyclic amines) is 1. The van der Waals surface area contributed by atoms with E-state index in [9.17, 15) is 4.79 Å². The number of carbonyl (C=O) groups is 1. The second kappa shape index (κ2) is 5.61. The van der Waals surface area contributed by atoms with Crippen molar-refractivity contribution in [1.82, 2.24) is 14.9 Å². The number of nitrogens with zero attached hydrogens (tertiary/aromatic N) is 3. The van der Waals surface area contributed by atoms with E-state index >= 15 is 0 Å². The Morgan fingerprint density at radius 1 is 1.35 bits per heavy atom. The SMILES string of the molecule is CCOc1cc(C(=O)N2CCCCC2)ncn1. The van der Waals surface area contributed by atoms with Gasteiger partial charge in [-0.25, -0.2) is 9.97 Å². The quantitative estimate of drug-likeness (QED) is 0.796. The van der Waals surface area contributed by atoms with Crippen LogP contribution in [0.3, 0.4) is 0 Å². The van der Waals surface area contributed by atoms with Crippen LogP contribution in [0.1, 0.15) is 36.7 Å². The molecule has 1 aliphatic rings. The lowest BCUT2D eigenvalue weighted by Gasteiger charge is -2.26. The summed E-state index contributed by atoms with van der Waals surface area (Å²) in [5, 5.41) is 0. The largest absolute Gasteiger partial charge is 0.478 e. The Labute approximate surface area is 101 Å². The molecule has 0 bridgehead atoms. The molecule has 5 heteroatoms. The molecule has 1 aromatic rings. The van der Waals surface area contributed by atoms with Gasteiger partial charge in [-0.2, -0.15) is 0 Å². The molecule has 1 aliphatic heterocycles. The zero-order valence-corrected chi connectivity index (χ0v) is 10.1. The van der Waals surface area contributed by atoms with Crippen LogP contribution in [0.5, 0.6) is 5.88 Å². The molecule has 1 fully saturated rings. The summed E-state index contributed by atoms with van der Waals surface area (Å²) in [6.45, 7) is 4.07. The normalized spacial score (nSPS) is 15.7. The molecule has 1 saturated heterocycles. The maximum Gasteiger partial charge on any atom is 0.272 e. The van der Waals surface area contributed by atoms with Crippen molar-refractivity contribution in [3.8, 4) is 5.88 Å². The Balaban J connectivity index is 2.09. The first kappa shape index (κ1) is 11.8. The highest BCUT2D eigenvalue weighted by atomic mass is 16.5. The number of carbonyl (C=O) groups excluding carboxylic acids is 1. The summed E-state index contributed by atoms with van der Waals surface area (Å²) >= 11 is 0. The second-order valence-electron chi connectivity index (χ2n) is 4.03. The predicted octanol–water partition coefficient (Wildman–Crippen LogP) is 1.50. The van der Waals surface area contributed by atoms with Gasteiger partial charge in [0, 0.05) is 19.2 Å². The number of piperidine rings is 1. The average molecular weight is 235 g/mol. The molecule has 0 saturated carbocycles. The summed E-state index contributed by atoms with van der Waals surface area (Å²) < 4.78 is 5.26. The lowest BCUT2D eigenvalue weighted by molar-refractivity contribution is 0.0717. The maximum atomic E-state index is 12.1. The summed E-state index contributed by atoms with van der Waals surface area (Å²) in [6, 6.07) is 1.61. The summed E-state index contributed by atoms with van der Waals surface area (Å²) in [6.07, 6.45) is 4.74. The molecule has 17 heavy (non-hydrogen) atoms. The van der Waals surface area contributed by atoms with E-state index in [0.29, 0.717) is 18.2 Å². The van der Waals surface area contributed by atoms with Crippen molar-refractivity contribution >= 4 is 5.91 Å². The molecule has 92 valence electrons. The van der Waals surface area contributed by atoms with Gasteiger partial charge in [0.1, 0.15) is 12.0 Å². The lowest BCUT2D eigenvalue weighted by atomic mass is 10.1. The molecule has 0 spiro atoms. The van der Waals surface area contributed by atoms with Gasteiger partial charge in [0.15, 0.2) is 0 Å². The lowest BCUT2D eigenvalue weighted by Crippen LogP contribution is -2.36. The molecule has 0 N–H and O–H groups in total. The van der Waals surface area contributed by atoms with Crippen LogP contribution in [0.15, 0.2) is 12.4 Å². The highest BCUT2D eigenvalue weighted by molar-refractivity contribution is 5.92. The van der Waals surface area contributed by atoms with Gasteiger partial charge in [-0.3, -0.25) is 4.79 Å². The predicted molar refractivity (Wildman–Crippen MR) is 63.0 cm³/mol. The second-order valence-corrected chi connectivity index (χ2v) is 4.03. The van der Waals surface area contributed by atoms with E-state index in [-0.39, 0.29) is 5.91 Å². The molecule has 0 aromatic carbocycles. The minimum absolute atomic E-state index is 0.0203. The zero-order chi connectivity index (χ0) is 12.1. The third-order valence-electron chi connectivity index (χ3n) is 2.80. The highest BCUT2D eigenvalue weighted by Gasteiger charge is 2.19. The third-order valence-corrected chi connectivity index (χ3v) is 2.80. The number of hydrogen-bond acceptors (Lipinski definition) is 4. The highest BCUT2D eigenvalue weighted by Crippen LogP contribution is 2.14. The molecule has 5 nitrogen and oxygen atoms in total. The number of hydrogen-bond donors (Lipinski definition) is 0. The molecular weight excluding hydrogens is 218 g/mol. The minimum Gasteiger partial charge on any atom is -0.478 e. The van der Waals surface area contributed by atoms with Gasteiger partial charge >= 0.3 is 0 Å². The molecule has 0 atom stereocenters. The molecule has 0 radical (unpaired) electrons. The first-order valence-corrected chi connectivity index (χ1v) is 6.05. The van der Waals surface area contributed by atoms with Gasteiger partial charge < -0.3 is 9.64 Å². The summed E-state index contributed by atoms with van der Waals surface area (Å²) in [5.41, 5.74) is 0.422. The van der Waals surface area contributed by atoms with E-state index in [4.69, 9.17) is 4.74 Å². The summed E-state index contributed by atoms with van der Waals surface area (Å²) in [7, 11) is 0. The molecule has 2 heterocycles. The summed E-state index contributed by atoms with van der Waals surface area (Å²) in [5.74, 6) is 0.441. The van der Waals surface area contributed by atoms with Crippen molar-refractivity contribution in [2.75, 3.05) is 19.7 Å². The first-order chi connectivity index (χ1) is 8.31. The molecule has 2 rings (SSSR count). The van der Waals surface area contributed by atoms with Crippen LogP contribution < -0.4 is 4.74 Å². The topological polar surface area (TPSA) is 55.3 Å².